The van der Waals surface area contributed by atoms with E-state index in [4.69, 9.17) is 0 Å². The number of carbonyl (C=O) groups excluding carboxylic acids is 1. The molecular formula is C12H15NOS. The summed E-state index contributed by atoms with van der Waals surface area (Å²) in [4.78, 5) is 11.3. The number of hydrogen-bond acceptors (Lipinski definition) is 2. The van der Waals surface area contributed by atoms with Crippen LogP contribution in [0.4, 0.5) is 0 Å². The number of benzene rings is 1. The van der Waals surface area contributed by atoms with Gasteiger partial charge in [0.25, 0.3) is 0 Å². The van der Waals surface area contributed by atoms with Gasteiger partial charge in [-0.1, -0.05) is 30.3 Å². The molecule has 1 aromatic rings. The van der Waals surface area contributed by atoms with Crippen LogP contribution >= 0.6 is 11.8 Å². The fraction of sp³-hybridized carbons (Fsp3) is 0.250. The van der Waals surface area contributed by atoms with Gasteiger partial charge in [-0.2, -0.15) is 11.8 Å². The van der Waals surface area contributed by atoms with Crippen LogP contribution in [-0.2, 0) is 4.79 Å². The van der Waals surface area contributed by atoms with Gasteiger partial charge in [0.05, 0.1) is 0 Å². The topological polar surface area (TPSA) is 29.1 Å². The van der Waals surface area contributed by atoms with E-state index in [0.717, 1.165) is 17.9 Å². The monoisotopic (exact) mass is 221 g/mol. The molecule has 3 heteroatoms. The minimum Gasteiger partial charge on any atom is -0.352 e. The molecular weight excluding hydrogens is 206 g/mol. The molecule has 1 aromatic carbocycles. The molecule has 0 saturated heterocycles. The van der Waals surface area contributed by atoms with Gasteiger partial charge in [-0.25, -0.2) is 0 Å². The summed E-state index contributed by atoms with van der Waals surface area (Å²) in [5.74, 6) is 0.915. The zero-order valence-corrected chi connectivity index (χ0v) is 9.59. The Morgan fingerprint density at radius 1 is 1.40 bits per heavy atom. The molecule has 0 atom stereocenters. The van der Waals surface area contributed by atoms with Crippen LogP contribution < -0.4 is 5.32 Å². The molecule has 0 saturated carbocycles. The van der Waals surface area contributed by atoms with Crippen molar-refractivity contribution in [2.45, 2.75) is 0 Å². The van der Waals surface area contributed by atoms with Crippen molar-refractivity contribution < 1.29 is 4.79 Å². The van der Waals surface area contributed by atoms with Gasteiger partial charge in [0, 0.05) is 18.4 Å². The first-order valence-electron chi connectivity index (χ1n) is 4.83. The largest absolute Gasteiger partial charge is 0.352 e. The van der Waals surface area contributed by atoms with Gasteiger partial charge >= 0.3 is 0 Å². The molecule has 15 heavy (non-hydrogen) atoms. The molecule has 0 aliphatic heterocycles. The summed E-state index contributed by atoms with van der Waals surface area (Å²) in [6.45, 7) is 0.721. The van der Waals surface area contributed by atoms with E-state index in [1.165, 1.54) is 0 Å². The molecule has 0 radical (unpaired) electrons. The van der Waals surface area contributed by atoms with E-state index in [-0.39, 0.29) is 5.91 Å². The highest BCUT2D eigenvalue weighted by molar-refractivity contribution is 7.98. The van der Waals surface area contributed by atoms with Crippen LogP contribution in [0.1, 0.15) is 5.56 Å². The summed E-state index contributed by atoms with van der Waals surface area (Å²) in [5.41, 5.74) is 1.04. The Bertz CT molecular complexity index is 322. The zero-order chi connectivity index (χ0) is 10.9. The second-order valence-corrected chi connectivity index (χ2v) is 4.01. The lowest BCUT2D eigenvalue weighted by atomic mass is 10.2. The zero-order valence-electron chi connectivity index (χ0n) is 8.77. The van der Waals surface area contributed by atoms with E-state index in [1.807, 2.05) is 42.7 Å². The predicted molar refractivity (Wildman–Crippen MR) is 66.9 cm³/mol. The lowest BCUT2D eigenvalue weighted by molar-refractivity contribution is -0.116. The second kappa shape index (κ2) is 7.12. The normalized spacial score (nSPS) is 10.5. The third-order valence-electron chi connectivity index (χ3n) is 1.83. The molecule has 0 fully saturated rings. The van der Waals surface area contributed by atoms with Crippen molar-refractivity contribution in [3.05, 3.63) is 42.0 Å². The molecule has 1 N–H and O–H groups in total. The summed E-state index contributed by atoms with van der Waals surface area (Å²) in [6.07, 6.45) is 5.40. The summed E-state index contributed by atoms with van der Waals surface area (Å²) < 4.78 is 0. The molecule has 0 unspecified atom stereocenters. The van der Waals surface area contributed by atoms with Crippen LogP contribution in [0.2, 0.25) is 0 Å². The Morgan fingerprint density at radius 3 is 2.80 bits per heavy atom. The maximum Gasteiger partial charge on any atom is 0.244 e. The number of amides is 1. The van der Waals surface area contributed by atoms with Crippen molar-refractivity contribution in [1.82, 2.24) is 5.32 Å². The lowest BCUT2D eigenvalue weighted by Gasteiger charge is -1.98. The molecule has 1 amide bonds. The number of nitrogens with one attached hydrogen (secondary N) is 1. The molecule has 0 aliphatic rings. The molecule has 0 spiro atoms. The summed E-state index contributed by atoms with van der Waals surface area (Å²) >= 11 is 1.72. The SMILES string of the molecule is CSCCNC(=O)C=Cc1ccccc1. The Kier molecular flexibility index (Phi) is 5.63. The van der Waals surface area contributed by atoms with Crippen LogP contribution in [0.5, 0.6) is 0 Å². The van der Waals surface area contributed by atoms with Crippen LogP contribution in [0.25, 0.3) is 6.08 Å². The van der Waals surface area contributed by atoms with Gasteiger partial charge in [-0.3, -0.25) is 4.79 Å². The standard InChI is InChI=1S/C12H15NOS/c1-15-10-9-13-12(14)8-7-11-5-3-2-4-6-11/h2-8H,9-10H2,1H3,(H,13,14). The average molecular weight is 221 g/mol. The maximum atomic E-state index is 11.3. The first-order chi connectivity index (χ1) is 7.33. The molecule has 0 aliphatic carbocycles. The highest BCUT2D eigenvalue weighted by Gasteiger charge is 1.92. The van der Waals surface area contributed by atoms with Gasteiger partial charge in [0.15, 0.2) is 0 Å². The maximum absolute atomic E-state index is 11.3. The highest BCUT2D eigenvalue weighted by Crippen LogP contribution is 2.00. The Morgan fingerprint density at radius 2 is 2.13 bits per heavy atom. The fourth-order valence-corrected chi connectivity index (χ4v) is 1.38. The Balaban J connectivity index is 2.34. The minimum absolute atomic E-state index is 0.0343. The van der Waals surface area contributed by atoms with Crippen molar-refractivity contribution in [2.75, 3.05) is 18.6 Å². The molecule has 2 nitrogen and oxygen atoms in total. The molecule has 0 heterocycles. The van der Waals surface area contributed by atoms with E-state index in [2.05, 4.69) is 5.32 Å². The minimum atomic E-state index is -0.0343. The number of hydrogen-bond donors (Lipinski definition) is 1. The predicted octanol–water partition coefficient (Wildman–Crippen LogP) is 2.18. The lowest BCUT2D eigenvalue weighted by Crippen LogP contribution is -2.23. The molecule has 0 bridgehead atoms. The van der Waals surface area contributed by atoms with Crippen molar-refractivity contribution >= 4 is 23.7 Å². The molecule has 0 aromatic heterocycles. The van der Waals surface area contributed by atoms with Crippen LogP contribution in [0, 0.1) is 0 Å². The van der Waals surface area contributed by atoms with Crippen molar-refractivity contribution in [3.63, 3.8) is 0 Å². The van der Waals surface area contributed by atoms with Crippen LogP contribution in [-0.4, -0.2) is 24.5 Å². The van der Waals surface area contributed by atoms with Crippen molar-refractivity contribution in [2.24, 2.45) is 0 Å². The van der Waals surface area contributed by atoms with Crippen LogP contribution in [0.3, 0.4) is 0 Å². The summed E-state index contributed by atoms with van der Waals surface area (Å²) in [5, 5.41) is 2.81. The van der Waals surface area contributed by atoms with Crippen molar-refractivity contribution in [1.29, 1.82) is 0 Å². The van der Waals surface area contributed by atoms with Gasteiger partial charge < -0.3 is 5.32 Å². The highest BCUT2D eigenvalue weighted by atomic mass is 32.2. The van der Waals surface area contributed by atoms with Gasteiger partial charge in [-0.05, 0) is 17.9 Å². The Labute approximate surface area is 94.8 Å². The van der Waals surface area contributed by atoms with Gasteiger partial charge in [-0.15, -0.1) is 0 Å². The first kappa shape index (κ1) is 11.9. The third-order valence-corrected chi connectivity index (χ3v) is 2.44. The van der Waals surface area contributed by atoms with Gasteiger partial charge in [0.2, 0.25) is 5.91 Å². The first-order valence-corrected chi connectivity index (χ1v) is 6.22. The number of carbonyl (C=O) groups is 1. The fourth-order valence-electron chi connectivity index (χ4n) is 1.07. The average Bonchev–Trinajstić information content (AvgIpc) is 2.28. The van der Waals surface area contributed by atoms with E-state index < -0.39 is 0 Å². The number of thioether (sulfide) groups is 1. The summed E-state index contributed by atoms with van der Waals surface area (Å²) in [7, 11) is 0. The van der Waals surface area contributed by atoms with E-state index in [1.54, 1.807) is 17.8 Å². The third kappa shape index (κ3) is 5.27. The number of rotatable bonds is 5. The van der Waals surface area contributed by atoms with Crippen molar-refractivity contribution in [3.8, 4) is 0 Å². The van der Waals surface area contributed by atoms with E-state index in [9.17, 15) is 4.79 Å². The Hall–Kier alpha value is -1.22. The van der Waals surface area contributed by atoms with E-state index in [0.29, 0.717) is 0 Å². The second-order valence-electron chi connectivity index (χ2n) is 3.03. The summed E-state index contributed by atoms with van der Waals surface area (Å²) in [6, 6.07) is 9.78. The van der Waals surface area contributed by atoms with Gasteiger partial charge in [0.1, 0.15) is 0 Å². The van der Waals surface area contributed by atoms with Crippen LogP contribution in [0.15, 0.2) is 36.4 Å². The quantitative estimate of drug-likeness (QED) is 0.610. The molecule has 1 rings (SSSR count). The smallest absolute Gasteiger partial charge is 0.244 e. The molecule has 80 valence electrons. The van der Waals surface area contributed by atoms with E-state index >= 15 is 0 Å².